The Morgan fingerprint density at radius 2 is 1.33 bits per heavy atom. The minimum atomic E-state index is -0.572. The molecule has 0 aliphatic rings. The third kappa shape index (κ3) is 2.81. The SMILES string of the molecule is NNC(=O)N=C(c1ccccc1)c1ccccc1. The standard InChI is InChI=1S/C14H13N3O/c15-17-14(18)16-13(11-7-3-1-4-8-11)12-9-5-2-6-10-12/h1-10H,15H2,(H,17,18). The first kappa shape index (κ1) is 12.0. The molecule has 0 bridgehead atoms. The van der Waals surface area contributed by atoms with Crippen molar-refractivity contribution in [3.8, 4) is 0 Å². The van der Waals surface area contributed by atoms with Crippen LogP contribution in [0.4, 0.5) is 4.79 Å². The maximum absolute atomic E-state index is 11.3. The molecule has 4 heteroatoms. The van der Waals surface area contributed by atoms with Crippen LogP contribution in [0.5, 0.6) is 0 Å². The number of nitrogens with zero attached hydrogens (tertiary/aromatic N) is 1. The molecular formula is C14H13N3O. The number of nitrogens with one attached hydrogen (secondary N) is 1. The van der Waals surface area contributed by atoms with Crippen molar-refractivity contribution in [2.24, 2.45) is 10.8 Å². The molecule has 3 N–H and O–H groups in total. The first-order valence-corrected chi connectivity index (χ1v) is 5.51. The molecule has 90 valence electrons. The van der Waals surface area contributed by atoms with E-state index in [-0.39, 0.29) is 0 Å². The van der Waals surface area contributed by atoms with Gasteiger partial charge in [-0.2, -0.15) is 4.99 Å². The van der Waals surface area contributed by atoms with Gasteiger partial charge in [0, 0.05) is 11.1 Å². The summed E-state index contributed by atoms with van der Waals surface area (Å²) in [5.41, 5.74) is 4.34. The summed E-state index contributed by atoms with van der Waals surface area (Å²) in [6, 6.07) is 18.4. The zero-order chi connectivity index (χ0) is 12.8. The van der Waals surface area contributed by atoms with Crippen LogP contribution in [0.1, 0.15) is 11.1 Å². The minimum Gasteiger partial charge on any atom is -0.274 e. The normalized spacial score (nSPS) is 9.61. The number of carbonyl (C=O) groups excluding carboxylic acids is 1. The van der Waals surface area contributed by atoms with E-state index < -0.39 is 6.03 Å². The average Bonchev–Trinajstić information content (AvgIpc) is 2.46. The lowest BCUT2D eigenvalue weighted by Crippen LogP contribution is -2.28. The molecule has 0 atom stereocenters. The zero-order valence-corrected chi connectivity index (χ0v) is 9.71. The summed E-state index contributed by atoms with van der Waals surface area (Å²) in [5, 5.41) is 0. The summed E-state index contributed by atoms with van der Waals surface area (Å²) in [5.74, 6) is 5.07. The molecule has 2 amide bonds. The molecule has 0 unspecified atom stereocenters. The van der Waals surface area contributed by atoms with Crippen LogP contribution in [0.3, 0.4) is 0 Å². The molecule has 0 aliphatic heterocycles. The zero-order valence-electron chi connectivity index (χ0n) is 9.71. The van der Waals surface area contributed by atoms with Crippen LogP contribution in [-0.2, 0) is 0 Å². The van der Waals surface area contributed by atoms with Crippen molar-refractivity contribution in [2.75, 3.05) is 0 Å². The van der Waals surface area contributed by atoms with Gasteiger partial charge in [0.15, 0.2) is 0 Å². The van der Waals surface area contributed by atoms with Crippen molar-refractivity contribution < 1.29 is 4.79 Å². The molecule has 0 fully saturated rings. The lowest BCUT2D eigenvalue weighted by atomic mass is 10.0. The topological polar surface area (TPSA) is 67.5 Å². The quantitative estimate of drug-likeness (QED) is 0.365. The van der Waals surface area contributed by atoms with E-state index in [1.165, 1.54) is 0 Å². The summed E-state index contributed by atoms with van der Waals surface area (Å²) in [6.45, 7) is 0. The van der Waals surface area contributed by atoms with Crippen LogP contribution in [0.25, 0.3) is 0 Å². The minimum absolute atomic E-state index is 0.572. The Morgan fingerprint density at radius 3 is 1.72 bits per heavy atom. The van der Waals surface area contributed by atoms with E-state index in [1.54, 1.807) is 0 Å². The van der Waals surface area contributed by atoms with E-state index >= 15 is 0 Å². The number of hydrazine groups is 1. The molecule has 0 aromatic heterocycles. The van der Waals surface area contributed by atoms with Crippen LogP contribution in [0.15, 0.2) is 65.7 Å². The Kier molecular flexibility index (Phi) is 3.83. The number of hydrogen-bond acceptors (Lipinski definition) is 2. The van der Waals surface area contributed by atoms with Gasteiger partial charge in [-0.3, -0.25) is 5.43 Å². The highest BCUT2D eigenvalue weighted by Crippen LogP contribution is 2.10. The largest absolute Gasteiger partial charge is 0.355 e. The first-order chi connectivity index (χ1) is 8.81. The number of urea groups is 1. The van der Waals surface area contributed by atoms with Gasteiger partial charge in [-0.15, -0.1) is 0 Å². The number of carbonyl (C=O) groups is 1. The molecule has 0 heterocycles. The van der Waals surface area contributed by atoms with Crippen LogP contribution in [0.2, 0.25) is 0 Å². The fraction of sp³-hybridized carbons (Fsp3) is 0. The maximum atomic E-state index is 11.3. The summed E-state index contributed by atoms with van der Waals surface area (Å²) >= 11 is 0. The van der Waals surface area contributed by atoms with E-state index in [0.29, 0.717) is 5.71 Å². The Hall–Kier alpha value is -2.46. The molecule has 0 saturated carbocycles. The lowest BCUT2D eigenvalue weighted by Gasteiger charge is -2.06. The summed E-state index contributed by atoms with van der Waals surface area (Å²) in [7, 11) is 0. The third-order valence-corrected chi connectivity index (χ3v) is 2.43. The van der Waals surface area contributed by atoms with Gasteiger partial charge >= 0.3 is 6.03 Å². The molecule has 18 heavy (non-hydrogen) atoms. The van der Waals surface area contributed by atoms with Gasteiger partial charge in [0.25, 0.3) is 0 Å². The molecule has 4 nitrogen and oxygen atoms in total. The third-order valence-electron chi connectivity index (χ3n) is 2.43. The van der Waals surface area contributed by atoms with Crippen molar-refractivity contribution in [1.29, 1.82) is 0 Å². The molecule has 0 radical (unpaired) electrons. The fourth-order valence-electron chi connectivity index (χ4n) is 1.62. The smallest absolute Gasteiger partial charge is 0.274 e. The Labute approximate surface area is 105 Å². The van der Waals surface area contributed by atoms with Crippen molar-refractivity contribution in [3.05, 3.63) is 71.8 Å². The average molecular weight is 239 g/mol. The maximum Gasteiger partial charge on any atom is 0.355 e. The highest BCUT2D eigenvalue weighted by Gasteiger charge is 2.08. The number of benzene rings is 2. The molecular weight excluding hydrogens is 226 g/mol. The summed E-state index contributed by atoms with van der Waals surface area (Å²) < 4.78 is 0. The molecule has 2 rings (SSSR count). The number of hydrogen-bond donors (Lipinski definition) is 2. The van der Waals surface area contributed by atoms with Crippen molar-refractivity contribution in [3.63, 3.8) is 0 Å². The second-order valence-electron chi connectivity index (χ2n) is 3.64. The van der Waals surface area contributed by atoms with Gasteiger partial charge in [0.05, 0.1) is 5.71 Å². The van der Waals surface area contributed by atoms with Gasteiger partial charge in [-0.25, -0.2) is 10.6 Å². The first-order valence-electron chi connectivity index (χ1n) is 5.51. The Bertz CT molecular complexity index is 508. The van der Waals surface area contributed by atoms with Crippen LogP contribution in [0, 0.1) is 0 Å². The molecule has 2 aromatic rings. The van der Waals surface area contributed by atoms with Crippen LogP contribution < -0.4 is 11.3 Å². The van der Waals surface area contributed by atoms with Crippen molar-refractivity contribution >= 4 is 11.7 Å². The fourth-order valence-corrected chi connectivity index (χ4v) is 1.62. The number of amides is 2. The predicted octanol–water partition coefficient (Wildman–Crippen LogP) is 2.11. The molecule has 2 aromatic carbocycles. The molecule has 0 saturated heterocycles. The lowest BCUT2D eigenvalue weighted by molar-refractivity contribution is 0.249. The highest BCUT2D eigenvalue weighted by atomic mass is 16.2. The van der Waals surface area contributed by atoms with Crippen LogP contribution >= 0.6 is 0 Å². The van der Waals surface area contributed by atoms with Gasteiger partial charge < -0.3 is 0 Å². The van der Waals surface area contributed by atoms with E-state index in [1.807, 2.05) is 66.1 Å². The summed E-state index contributed by atoms with van der Waals surface area (Å²) in [6.07, 6.45) is 0. The number of aliphatic imine (C=N–C) groups is 1. The number of nitrogens with two attached hydrogens (primary N) is 1. The van der Waals surface area contributed by atoms with Gasteiger partial charge in [-0.1, -0.05) is 60.7 Å². The second-order valence-corrected chi connectivity index (χ2v) is 3.64. The van der Waals surface area contributed by atoms with E-state index in [4.69, 9.17) is 5.84 Å². The van der Waals surface area contributed by atoms with Gasteiger partial charge in [0.1, 0.15) is 0 Å². The molecule has 0 aliphatic carbocycles. The Morgan fingerprint density at radius 1 is 0.889 bits per heavy atom. The van der Waals surface area contributed by atoms with E-state index in [0.717, 1.165) is 11.1 Å². The number of rotatable bonds is 2. The Balaban J connectivity index is 2.49. The summed E-state index contributed by atoms with van der Waals surface area (Å²) in [4.78, 5) is 15.3. The second kappa shape index (κ2) is 5.75. The van der Waals surface area contributed by atoms with Crippen molar-refractivity contribution in [1.82, 2.24) is 5.43 Å². The van der Waals surface area contributed by atoms with E-state index in [2.05, 4.69) is 4.99 Å². The monoisotopic (exact) mass is 239 g/mol. The predicted molar refractivity (Wildman–Crippen MR) is 71.2 cm³/mol. The highest BCUT2D eigenvalue weighted by molar-refractivity contribution is 6.16. The van der Waals surface area contributed by atoms with Gasteiger partial charge in [0.2, 0.25) is 0 Å². The van der Waals surface area contributed by atoms with Crippen molar-refractivity contribution in [2.45, 2.75) is 0 Å². The van der Waals surface area contributed by atoms with Gasteiger partial charge in [-0.05, 0) is 0 Å². The molecule has 0 spiro atoms. The van der Waals surface area contributed by atoms with Crippen LogP contribution in [-0.4, -0.2) is 11.7 Å². The van der Waals surface area contributed by atoms with E-state index in [9.17, 15) is 4.79 Å².